The van der Waals surface area contributed by atoms with Gasteiger partial charge in [-0.2, -0.15) is 9.78 Å². The van der Waals surface area contributed by atoms with Gasteiger partial charge >= 0.3 is 0 Å². The van der Waals surface area contributed by atoms with Crippen molar-refractivity contribution in [1.29, 1.82) is 0 Å². The van der Waals surface area contributed by atoms with Crippen LogP contribution in [0.15, 0.2) is 34.5 Å². The van der Waals surface area contributed by atoms with Gasteiger partial charge in [-0.25, -0.2) is 0 Å². The molecule has 1 aromatic carbocycles. The summed E-state index contributed by atoms with van der Waals surface area (Å²) in [5, 5.41) is 51.7. The monoisotopic (exact) mass is 370 g/mol. The largest absolute Gasteiger partial charge is 0.394 e. The third-order valence-corrected chi connectivity index (χ3v) is 4.72. The van der Waals surface area contributed by atoms with E-state index in [9.17, 15) is 15.3 Å². The van der Waals surface area contributed by atoms with Crippen LogP contribution in [0.25, 0.3) is 0 Å². The predicted octanol–water partition coefficient (Wildman–Crippen LogP) is 0.0371. The highest BCUT2D eigenvalue weighted by Gasteiger charge is 2.32. The molecule has 0 radical (unpaired) electrons. The highest BCUT2D eigenvalue weighted by molar-refractivity contribution is 7.99. The number of aliphatic hydroxyl groups excluding tert-OH is 4. The van der Waals surface area contributed by atoms with Gasteiger partial charge in [0, 0.05) is 10.8 Å². The van der Waals surface area contributed by atoms with Gasteiger partial charge in [0.1, 0.15) is 18.3 Å². The minimum atomic E-state index is -1.61. The Morgan fingerprint density at radius 3 is 2.54 bits per heavy atom. The Balaban J connectivity index is 1.93. The molecule has 0 spiro atoms. The van der Waals surface area contributed by atoms with Crippen LogP contribution < -0.4 is 0 Å². The van der Waals surface area contributed by atoms with Crippen LogP contribution in [0.3, 0.4) is 0 Å². The SMILES string of the molecule is OCC(O)C(O)C(O)c1nnc2n1N=C(c1ccc(Cl)cc1)CS2. The van der Waals surface area contributed by atoms with E-state index in [1.807, 2.05) is 12.1 Å². The fourth-order valence-corrected chi connectivity index (χ4v) is 3.15. The number of fused-ring (bicyclic) bond motifs is 1. The number of hydrogen-bond acceptors (Lipinski definition) is 8. The Morgan fingerprint density at radius 2 is 1.88 bits per heavy atom. The summed E-state index contributed by atoms with van der Waals surface area (Å²) in [5.74, 6) is 0.557. The number of hydrogen-bond donors (Lipinski definition) is 4. The van der Waals surface area contributed by atoms with E-state index in [-0.39, 0.29) is 5.82 Å². The Hall–Kier alpha value is -1.49. The maximum Gasteiger partial charge on any atom is 0.212 e. The summed E-state index contributed by atoms with van der Waals surface area (Å²) in [4.78, 5) is 0. The molecule has 1 aliphatic rings. The molecule has 0 aliphatic carbocycles. The van der Waals surface area contributed by atoms with E-state index < -0.39 is 24.9 Å². The number of aromatic nitrogens is 3. The molecule has 128 valence electrons. The van der Waals surface area contributed by atoms with Crippen LogP contribution in [-0.2, 0) is 0 Å². The molecule has 0 fully saturated rings. The lowest BCUT2D eigenvalue weighted by atomic mass is 10.1. The normalized spacial score (nSPS) is 17.8. The third-order valence-electron chi connectivity index (χ3n) is 3.54. The van der Waals surface area contributed by atoms with Gasteiger partial charge in [-0.05, 0) is 17.7 Å². The standard InChI is InChI=1S/C14H15ClN4O4S/c15-8-3-1-7(2-4-8)9-6-24-14-17-16-13(19(14)18-9)12(23)11(22)10(21)5-20/h1-4,10-12,20-23H,5-6H2. The number of aliphatic hydroxyl groups is 4. The second-order valence-corrected chi connectivity index (χ2v) is 6.56. The number of thioether (sulfide) groups is 1. The Labute approximate surface area is 146 Å². The van der Waals surface area contributed by atoms with Gasteiger partial charge in [-0.15, -0.1) is 10.2 Å². The average Bonchev–Trinajstić information content (AvgIpc) is 3.03. The van der Waals surface area contributed by atoms with Gasteiger partial charge in [-0.3, -0.25) is 0 Å². The molecule has 0 saturated carbocycles. The lowest BCUT2D eigenvalue weighted by molar-refractivity contribution is -0.0813. The molecule has 0 amide bonds. The number of nitrogens with zero attached hydrogens (tertiary/aromatic N) is 4. The maximum absolute atomic E-state index is 10.2. The molecule has 0 saturated heterocycles. The topological polar surface area (TPSA) is 124 Å². The van der Waals surface area contributed by atoms with Crippen LogP contribution in [0, 0.1) is 0 Å². The van der Waals surface area contributed by atoms with Gasteiger partial charge in [0.15, 0.2) is 5.82 Å². The molecule has 2 aromatic rings. The van der Waals surface area contributed by atoms with E-state index >= 15 is 0 Å². The fourth-order valence-electron chi connectivity index (χ4n) is 2.18. The minimum Gasteiger partial charge on any atom is -0.394 e. The summed E-state index contributed by atoms with van der Waals surface area (Å²) in [6.07, 6.45) is -4.64. The van der Waals surface area contributed by atoms with Crippen molar-refractivity contribution < 1.29 is 20.4 Å². The van der Waals surface area contributed by atoms with Crippen molar-refractivity contribution in [2.75, 3.05) is 12.4 Å². The lowest BCUT2D eigenvalue weighted by Crippen LogP contribution is -2.36. The van der Waals surface area contributed by atoms with Crippen molar-refractivity contribution in [1.82, 2.24) is 14.9 Å². The Morgan fingerprint density at radius 1 is 1.17 bits per heavy atom. The maximum atomic E-state index is 10.2. The molecule has 1 aromatic heterocycles. The lowest BCUT2D eigenvalue weighted by Gasteiger charge is -2.21. The first-order valence-corrected chi connectivity index (χ1v) is 8.44. The second-order valence-electron chi connectivity index (χ2n) is 5.18. The van der Waals surface area contributed by atoms with E-state index in [0.717, 1.165) is 11.3 Å². The van der Waals surface area contributed by atoms with Crippen LogP contribution in [-0.4, -0.2) is 65.6 Å². The first-order chi connectivity index (χ1) is 11.5. The number of benzene rings is 1. The van der Waals surface area contributed by atoms with E-state index in [2.05, 4.69) is 15.3 Å². The van der Waals surface area contributed by atoms with Crippen LogP contribution in [0.4, 0.5) is 0 Å². The van der Waals surface area contributed by atoms with Crippen LogP contribution in [0.1, 0.15) is 17.5 Å². The molecule has 2 heterocycles. The van der Waals surface area contributed by atoms with Gasteiger partial charge in [0.2, 0.25) is 5.16 Å². The summed E-state index contributed by atoms with van der Waals surface area (Å²) in [7, 11) is 0. The Bertz CT molecular complexity index is 752. The second kappa shape index (κ2) is 7.18. The van der Waals surface area contributed by atoms with Crippen LogP contribution in [0.2, 0.25) is 5.02 Å². The van der Waals surface area contributed by atoms with Crippen molar-refractivity contribution in [3.63, 3.8) is 0 Å². The van der Waals surface area contributed by atoms with Crippen molar-refractivity contribution in [3.05, 3.63) is 40.7 Å². The molecule has 24 heavy (non-hydrogen) atoms. The molecule has 3 rings (SSSR count). The van der Waals surface area contributed by atoms with Gasteiger partial charge < -0.3 is 20.4 Å². The van der Waals surface area contributed by atoms with E-state index in [1.54, 1.807) is 12.1 Å². The molecule has 3 unspecified atom stereocenters. The summed E-state index contributed by atoms with van der Waals surface area (Å²) in [6.45, 7) is -0.687. The van der Waals surface area contributed by atoms with Crippen molar-refractivity contribution >= 4 is 29.1 Å². The summed E-state index contributed by atoms with van der Waals surface area (Å²) >= 11 is 7.26. The van der Waals surface area contributed by atoms with Crippen LogP contribution in [0.5, 0.6) is 0 Å². The molecular formula is C14H15ClN4O4S. The zero-order chi connectivity index (χ0) is 17.3. The number of halogens is 1. The molecule has 8 nitrogen and oxygen atoms in total. The van der Waals surface area contributed by atoms with Crippen molar-refractivity contribution in [2.45, 2.75) is 23.5 Å². The summed E-state index contributed by atoms with van der Waals surface area (Å²) in [6, 6.07) is 7.17. The van der Waals surface area contributed by atoms with E-state index in [1.165, 1.54) is 16.4 Å². The molecular weight excluding hydrogens is 356 g/mol. The Kier molecular flexibility index (Phi) is 5.18. The molecule has 0 bridgehead atoms. The zero-order valence-corrected chi connectivity index (χ0v) is 13.9. The van der Waals surface area contributed by atoms with E-state index in [0.29, 0.717) is 15.9 Å². The summed E-state index contributed by atoms with van der Waals surface area (Å²) in [5.41, 5.74) is 1.59. The molecule has 3 atom stereocenters. The first-order valence-electron chi connectivity index (χ1n) is 7.08. The molecule has 10 heteroatoms. The quantitative estimate of drug-likeness (QED) is 0.585. The van der Waals surface area contributed by atoms with E-state index in [4.69, 9.17) is 16.7 Å². The molecule has 1 aliphatic heterocycles. The van der Waals surface area contributed by atoms with Crippen molar-refractivity contribution in [3.8, 4) is 0 Å². The zero-order valence-electron chi connectivity index (χ0n) is 12.3. The average molecular weight is 371 g/mol. The fraction of sp³-hybridized carbons (Fsp3) is 0.357. The highest BCUT2D eigenvalue weighted by atomic mass is 35.5. The van der Waals surface area contributed by atoms with Gasteiger partial charge in [-0.1, -0.05) is 35.5 Å². The predicted molar refractivity (Wildman–Crippen MR) is 88.2 cm³/mol. The first kappa shape index (κ1) is 17.3. The van der Waals surface area contributed by atoms with Gasteiger partial charge in [0.05, 0.1) is 12.3 Å². The van der Waals surface area contributed by atoms with Crippen molar-refractivity contribution in [2.24, 2.45) is 5.10 Å². The highest BCUT2D eigenvalue weighted by Crippen LogP contribution is 2.28. The smallest absolute Gasteiger partial charge is 0.212 e. The third kappa shape index (κ3) is 3.32. The van der Waals surface area contributed by atoms with Crippen LogP contribution >= 0.6 is 23.4 Å². The molecule has 4 N–H and O–H groups in total. The van der Waals surface area contributed by atoms with Gasteiger partial charge in [0.25, 0.3) is 0 Å². The minimum absolute atomic E-state index is 0.0105. The summed E-state index contributed by atoms with van der Waals surface area (Å²) < 4.78 is 1.33. The number of rotatable bonds is 5.